The smallest absolute Gasteiger partial charge is 0.0464 e. The average molecular weight is 129 g/mol. The molecule has 0 amide bonds. The van der Waals surface area contributed by atoms with E-state index in [0.29, 0.717) is 5.92 Å². The Morgan fingerprint density at radius 1 is 1.67 bits per heavy atom. The Labute approximate surface area is 56.6 Å². The second-order valence-corrected chi connectivity index (χ2v) is 2.38. The predicted molar refractivity (Wildman–Crippen MR) is 39.0 cm³/mol. The normalized spacial score (nSPS) is 14.4. The Kier molecular flexibility index (Phi) is 5.27. The van der Waals surface area contributed by atoms with Crippen molar-refractivity contribution in [2.24, 2.45) is 11.1 Å². The fourth-order valence-corrected chi connectivity index (χ4v) is 0.714. The van der Waals surface area contributed by atoms with E-state index in [1.54, 1.807) is 6.21 Å². The maximum atomic E-state index is 8.11. The van der Waals surface area contributed by atoms with Crippen LogP contribution in [0.15, 0.2) is 5.16 Å². The standard InChI is InChI=1S/C7H15NO/c1-3-4-5-7(2)6-8-9/h6-7,9H,3-5H2,1-2H3/b8-6-. The van der Waals surface area contributed by atoms with Crippen LogP contribution < -0.4 is 0 Å². The molecular weight excluding hydrogens is 114 g/mol. The Hall–Kier alpha value is -0.530. The maximum Gasteiger partial charge on any atom is 0.0464 e. The molecule has 2 nitrogen and oxygen atoms in total. The molecule has 0 radical (unpaired) electrons. The zero-order valence-electron chi connectivity index (χ0n) is 6.17. The molecule has 0 aliphatic rings. The van der Waals surface area contributed by atoms with Crippen molar-refractivity contribution in [2.45, 2.75) is 33.1 Å². The summed E-state index contributed by atoms with van der Waals surface area (Å²) < 4.78 is 0. The first-order valence-electron chi connectivity index (χ1n) is 3.48. The van der Waals surface area contributed by atoms with Crippen LogP contribution in [-0.4, -0.2) is 11.4 Å². The van der Waals surface area contributed by atoms with Crippen molar-refractivity contribution in [3.63, 3.8) is 0 Å². The number of oxime groups is 1. The van der Waals surface area contributed by atoms with Crippen molar-refractivity contribution in [3.05, 3.63) is 0 Å². The highest BCUT2D eigenvalue weighted by molar-refractivity contribution is 5.58. The van der Waals surface area contributed by atoms with E-state index >= 15 is 0 Å². The molecule has 1 atom stereocenters. The van der Waals surface area contributed by atoms with Gasteiger partial charge in [-0.25, -0.2) is 0 Å². The van der Waals surface area contributed by atoms with E-state index in [1.807, 2.05) is 0 Å². The first kappa shape index (κ1) is 8.47. The Bertz CT molecular complexity index is 81.0. The molecule has 2 heteroatoms. The van der Waals surface area contributed by atoms with Crippen molar-refractivity contribution in [3.8, 4) is 0 Å². The molecule has 0 heterocycles. The fourth-order valence-electron chi connectivity index (χ4n) is 0.714. The molecule has 0 saturated carbocycles. The molecule has 1 unspecified atom stereocenters. The van der Waals surface area contributed by atoms with Crippen LogP contribution in [0.1, 0.15) is 33.1 Å². The first-order valence-corrected chi connectivity index (χ1v) is 3.48. The van der Waals surface area contributed by atoms with Crippen LogP contribution in [0.3, 0.4) is 0 Å². The van der Waals surface area contributed by atoms with Crippen molar-refractivity contribution in [1.82, 2.24) is 0 Å². The summed E-state index contributed by atoms with van der Waals surface area (Å²) in [7, 11) is 0. The number of unbranched alkanes of at least 4 members (excludes halogenated alkanes) is 1. The lowest BCUT2D eigenvalue weighted by Gasteiger charge is -2.00. The topological polar surface area (TPSA) is 32.6 Å². The van der Waals surface area contributed by atoms with Gasteiger partial charge in [0.05, 0.1) is 0 Å². The lowest BCUT2D eigenvalue weighted by Crippen LogP contribution is -1.94. The minimum absolute atomic E-state index is 0.426. The van der Waals surface area contributed by atoms with Crippen molar-refractivity contribution >= 4 is 6.21 Å². The fraction of sp³-hybridized carbons (Fsp3) is 0.857. The maximum absolute atomic E-state index is 8.11. The van der Waals surface area contributed by atoms with Gasteiger partial charge in [-0.15, -0.1) is 5.16 Å². The molecule has 0 bridgehead atoms. The summed E-state index contributed by atoms with van der Waals surface area (Å²) in [5.74, 6) is 0.426. The van der Waals surface area contributed by atoms with Crippen LogP contribution in [0.5, 0.6) is 0 Å². The first-order chi connectivity index (χ1) is 4.31. The predicted octanol–water partition coefficient (Wildman–Crippen LogP) is 2.27. The van der Waals surface area contributed by atoms with E-state index in [-0.39, 0.29) is 0 Å². The van der Waals surface area contributed by atoms with Crippen LogP contribution in [-0.2, 0) is 0 Å². The minimum atomic E-state index is 0.426. The van der Waals surface area contributed by atoms with Gasteiger partial charge in [-0.1, -0.05) is 26.7 Å². The largest absolute Gasteiger partial charge is 0.411 e. The monoisotopic (exact) mass is 129 g/mol. The zero-order valence-corrected chi connectivity index (χ0v) is 6.17. The molecular formula is C7H15NO. The number of hydrogen-bond donors (Lipinski definition) is 1. The molecule has 0 aliphatic heterocycles. The molecule has 0 rings (SSSR count). The van der Waals surface area contributed by atoms with Crippen LogP contribution in [0.4, 0.5) is 0 Å². The van der Waals surface area contributed by atoms with Gasteiger partial charge in [0.25, 0.3) is 0 Å². The zero-order chi connectivity index (χ0) is 7.11. The summed E-state index contributed by atoms with van der Waals surface area (Å²) in [4.78, 5) is 0. The summed E-state index contributed by atoms with van der Waals surface area (Å²) in [5.41, 5.74) is 0. The van der Waals surface area contributed by atoms with Crippen molar-refractivity contribution in [1.29, 1.82) is 0 Å². The van der Waals surface area contributed by atoms with Gasteiger partial charge < -0.3 is 5.21 Å². The van der Waals surface area contributed by atoms with E-state index < -0.39 is 0 Å². The van der Waals surface area contributed by atoms with E-state index in [1.165, 1.54) is 12.8 Å². The van der Waals surface area contributed by atoms with E-state index in [4.69, 9.17) is 5.21 Å². The van der Waals surface area contributed by atoms with Crippen LogP contribution in [0, 0.1) is 5.92 Å². The molecule has 0 aromatic rings. The molecule has 0 spiro atoms. The average Bonchev–Trinajstić information content (AvgIpc) is 1.85. The van der Waals surface area contributed by atoms with Gasteiger partial charge >= 0.3 is 0 Å². The second kappa shape index (κ2) is 5.60. The molecule has 0 aromatic carbocycles. The highest BCUT2D eigenvalue weighted by Crippen LogP contribution is 2.03. The summed E-state index contributed by atoms with van der Waals surface area (Å²) in [6.45, 7) is 4.21. The lowest BCUT2D eigenvalue weighted by molar-refractivity contribution is 0.318. The summed E-state index contributed by atoms with van der Waals surface area (Å²) in [6.07, 6.45) is 5.13. The third-order valence-electron chi connectivity index (χ3n) is 1.33. The summed E-state index contributed by atoms with van der Waals surface area (Å²) in [5, 5.41) is 11.1. The number of hydrogen-bond acceptors (Lipinski definition) is 2. The van der Waals surface area contributed by atoms with Gasteiger partial charge in [0.15, 0.2) is 0 Å². The SMILES string of the molecule is CCCCC(C)/C=N\O. The molecule has 0 saturated heterocycles. The molecule has 54 valence electrons. The Balaban J connectivity index is 3.15. The molecule has 0 fully saturated rings. The summed E-state index contributed by atoms with van der Waals surface area (Å²) in [6, 6.07) is 0. The number of rotatable bonds is 4. The van der Waals surface area contributed by atoms with Gasteiger partial charge in [0.1, 0.15) is 0 Å². The lowest BCUT2D eigenvalue weighted by atomic mass is 10.1. The quantitative estimate of drug-likeness (QED) is 0.352. The van der Waals surface area contributed by atoms with Crippen molar-refractivity contribution in [2.75, 3.05) is 0 Å². The molecule has 0 aliphatic carbocycles. The van der Waals surface area contributed by atoms with Crippen LogP contribution in [0.25, 0.3) is 0 Å². The highest BCUT2D eigenvalue weighted by atomic mass is 16.4. The van der Waals surface area contributed by atoms with Crippen LogP contribution in [0.2, 0.25) is 0 Å². The summed E-state index contributed by atoms with van der Waals surface area (Å²) >= 11 is 0. The van der Waals surface area contributed by atoms with E-state index in [9.17, 15) is 0 Å². The second-order valence-electron chi connectivity index (χ2n) is 2.38. The van der Waals surface area contributed by atoms with Gasteiger partial charge in [-0.2, -0.15) is 0 Å². The van der Waals surface area contributed by atoms with E-state index in [2.05, 4.69) is 19.0 Å². The third-order valence-corrected chi connectivity index (χ3v) is 1.33. The van der Waals surface area contributed by atoms with Crippen molar-refractivity contribution < 1.29 is 5.21 Å². The highest BCUT2D eigenvalue weighted by Gasteiger charge is 1.94. The number of nitrogens with zero attached hydrogens (tertiary/aromatic N) is 1. The van der Waals surface area contributed by atoms with Gasteiger partial charge in [-0.05, 0) is 12.3 Å². The van der Waals surface area contributed by atoms with Gasteiger partial charge in [-0.3, -0.25) is 0 Å². The molecule has 1 N–H and O–H groups in total. The minimum Gasteiger partial charge on any atom is -0.411 e. The Morgan fingerprint density at radius 2 is 2.33 bits per heavy atom. The molecule has 0 aromatic heterocycles. The molecule has 9 heavy (non-hydrogen) atoms. The Morgan fingerprint density at radius 3 is 2.78 bits per heavy atom. The third kappa shape index (κ3) is 5.34. The van der Waals surface area contributed by atoms with Gasteiger partial charge in [0.2, 0.25) is 0 Å². The van der Waals surface area contributed by atoms with Gasteiger partial charge in [0, 0.05) is 6.21 Å². The van der Waals surface area contributed by atoms with Crippen LogP contribution >= 0.6 is 0 Å². The van der Waals surface area contributed by atoms with E-state index in [0.717, 1.165) is 6.42 Å².